The normalized spacial score (nSPS) is 10.9. The van der Waals surface area contributed by atoms with Gasteiger partial charge in [0.05, 0.1) is 11.3 Å². The van der Waals surface area contributed by atoms with Crippen molar-refractivity contribution in [3.8, 4) is 11.1 Å². The summed E-state index contributed by atoms with van der Waals surface area (Å²) in [5.74, 6) is -0.164. The molecule has 0 unspecified atom stereocenters. The molecule has 0 bridgehead atoms. The maximum atomic E-state index is 12.8. The summed E-state index contributed by atoms with van der Waals surface area (Å²) in [6.45, 7) is 4.27. The molecule has 5 nitrogen and oxygen atoms in total. The van der Waals surface area contributed by atoms with Crippen LogP contribution in [0.15, 0.2) is 53.3 Å². The third-order valence-corrected chi connectivity index (χ3v) is 5.49. The van der Waals surface area contributed by atoms with Crippen LogP contribution in [0.25, 0.3) is 11.1 Å². The molecule has 0 atom stereocenters. The number of hydrogen-bond donors (Lipinski definition) is 2. The number of benzene rings is 2. The van der Waals surface area contributed by atoms with E-state index in [0.29, 0.717) is 12.0 Å². The van der Waals surface area contributed by atoms with Gasteiger partial charge >= 0.3 is 5.97 Å². The second-order valence-electron chi connectivity index (χ2n) is 7.87. The van der Waals surface area contributed by atoms with Crippen molar-refractivity contribution >= 4 is 5.97 Å². The van der Waals surface area contributed by atoms with Crippen molar-refractivity contribution in [2.45, 2.75) is 58.8 Å². The van der Waals surface area contributed by atoms with Crippen LogP contribution in [0.4, 0.5) is 0 Å². The van der Waals surface area contributed by atoms with E-state index in [2.05, 4.69) is 18.8 Å². The highest BCUT2D eigenvalue weighted by molar-refractivity contribution is 5.95. The minimum absolute atomic E-state index is 0.0486. The van der Waals surface area contributed by atoms with Gasteiger partial charge in [-0.3, -0.25) is 4.79 Å². The molecule has 0 radical (unpaired) electrons. The van der Waals surface area contributed by atoms with Crippen molar-refractivity contribution in [2.24, 2.45) is 0 Å². The van der Waals surface area contributed by atoms with Gasteiger partial charge in [-0.05, 0) is 42.0 Å². The first kappa shape index (κ1) is 22.5. The van der Waals surface area contributed by atoms with E-state index in [1.54, 1.807) is 12.1 Å². The number of aromatic nitrogens is 2. The number of aryl methyl sites for hydroxylation is 2. The van der Waals surface area contributed by atoms with Crippen LogP contribution in [0.1, 0.15) is 72.5 Å². The predicted molar refractivity (Wildman–Crippen MR) is 124 cm³/mol. The fraction of sp³-hybridized carbons (Fsp3) is 0.346. The maximum absolute atomic E-state index is 12.8. The van der Waals surface area contributed by atoms with Crippen molar-refractivity contribution in [2.75, 3.05) is 0 Å². The predicted octanol–water partition coefficient (Wildman–Crippen LogP) is 5.41. The van der Waals surface area contributed by atoms with Crippen molar-refractivity contribution in [1.82, 2.24) is 9.97 Å². The van der Waals surface area contributed by atoms with Crippen LogP contribution in [-0.4, -0.2) is 21.0 Å². The number of nitrogens with one attached hydrogen (secondary N) is 1. The zero-order valence-electron chi connectivity index (χ0n) is 18.3. The summed E-state index contributed by atoms with van der Waals surface area (Å²) in [5, 5.41) is 9.44. The molecule has 0 aliphatic heterocycles. The molecular weight excluding hydrogens is 388 g/mol. The summed E-state index contributed by atoms with van der Waals surface area (Å²) in [7, 11) is 0. The summed E-state index contributed by atoms with van der Waals surface area (Å²) in [6.07, 6.45) is 6.23. The minimum Gasteiger partial charge on any atom is -0.478 e. The highest BCUT2D eigenvalue weighted by Crippen LogP contribution is 2.25. The lowest BCUT2D eigenvalue weighted by Crippen LogP contribution is -2.21. The summed E-state index contributed by atoms with van der Waals surface area (Å²) in [4.78, 5) is 32.1. The molecule has 3 aromatic rings. The summed E-state index contributed by atoms with van der Waals surface area (Å²) < 4.78 is 0. The minimum atomic E-state index is -0.944. The van der Waals surface area contributed by atoms with Crippen molar-refractivity contribution in [3.05, 3.63) is 87.1 Å². The van der Waals surface area contributed by atoms with Gasteiger partial charge < -0.3 is 10.1 Å². The molecule has 0 saturated heterocycles. The molecule has 2 N–H and O–H groups in total. The molecule has 1 aromatic heterocycles. The molecule has 5 heteroatoms. The van der Waals surface area contributed by atoms with Crippen LogP contribution >= 0.6 is 0 Å². The van der Waals surface area contributed by atoms with Crippen molar-refractivity contribution in [1.29, 1.82) is 0 Å². The number of unbranched alkanes of at least 4 members (excludes halogenated alkanes) is 2. The average molecular weight is 419 g/mol. The SMILES string of the molecule is CCCCc1nc(CCCC)c(Cc2ccc(-c3ccccc3C(=O)O)cc2)c(=O)[nH]1. The Bertz CT molecular complexity index is 1080. The second-order valence-corrected chi connectivity index (χ2v) is 7.87. The van der Waals surface area contributed by atoms with Gasteiger partial charge in [0.1, 0.15) is 5.82 Å². The van der Waals surface area contributed by atoms with Crippen LogP contribution in [0.3, 0.4) is 0 Å². The van der Waals surface area contributed by atoms with E-state index in [0.717, 1.165) is 66.7 Å². The fourth-order valence-corrected chi connectivity index (χ4v) is 3.72. The molecule has 0 aliphatic carbocycles. The molecular formula is C26H30N2O3. The Morgan fingerprint density at radius 1 is 0.968 bits per heavy atom. The molecule has 0 spiro atoms. The van der Waals surface area contributed by atoms with Gasteiger partial charge in [0.25, 0.3) is 5.56 Å². The van der Waals surface area contributed by atoms with Crippen LogP contribution in [0, 0.1) is 0 Å². The van der Waals surface area contributed by atoms with Gasteiger partial charge in [-0.1, -0.05) is 69.2 Å². The highest BCUT2D eigenvalue weighted by atomic mass is 16.4. The van der Waals surface area contributed by atoms with E-state index in [1.165, 1.54) is 0 Å². The third-order valence-electron chi connectivity index (χ3n) is 5.49. The average Bonchev–Trinajstić information content (AvgIpc) is 2.78. The van der Waals surface area contributed by atoms with Gasteiger partial charge in [-0.15, -0.1) is 0 Å². The Morgan fingerprint density at radius 3 is 2.32 bits per heavy atom. The van der Waals surface area contributed by atoms with E-state index in [4.69, 9.17) is 4.98 Å². The highest BCUT2D eigenvalue weighted by Gasteiger charge is 2.14. The molecule has 2 aromatic carbocycles. The Labute approximate surface area is 183 Å². The standard InChI is InChI=1S/C26H30N2O3/c1-3-5-11-23-22(25(29)28-24(27-23)12-6-4-2)17-18-13-15-19(16-14-18)20-9-7-8-10-21(20)26(30)31/h7-10,13-16H,3-6,11-12,17H2,1-2H3,(H,30,31)(H,27,28,29). The summed E-state index contributed by atoms with van der Waals surface area (Å²) in [5.41, 5.74) is 4.39. The Kier molecular flexibility index (Phi) is 7.76. The number of hydrogen-bond acceptors (Lipinski definition) is 3. The van der Waals surface area contributed by atoms with E-state index < -0.39 is 5.97 Å². The number of aromatic carboxylic acids is 1. The monoisotopic (exact) mass is 418 g/mol. The van der Waals surface area contributed by atoms with Crippen LogP contribution < -0.4 is 5.56 Å². The number of rotatable bonds is 10. The quantitative estimate of drug-likeness (QED) is 0.461. The molecule has 1 heterocycles. The van der Waals surface area contributed by atoms with Gasteiger partial charge in [-0.2, -0.15) is 0 Å². The zero-order chi connectivity index (χ0) is 22.2. The van der Waals surface area contributed by atoms with Crippen molar-refractivity contribution < 1.29 is 9.90 Å². The summed E-state index contributed by atoms with van der Waals surface area (Å²) in [6, 6.07) is 14.7. The van der Waals surface area contributed by atoms with Crippen LogP contribution in [0.5, 0.6) is 0 Å². The third kappa shape index (κ3) is 5.69. The van der Waals surface area contributed by atoms with Crippen LogP contribution in [0.2, 0.25) is 0 Å². The first-order chi connectivity index (χ1) is 15.0. The lowest BCUT2D eigenvalue weighted by molar-refractivity contribution is 0.0697. The molecule has 0 fully saturated rings. The lowest BCUT2D eigenvalue weighted by atomic mass is 9.96. The van der Waals surface area contributed by atoms with E-state index in [1.807, 2.05) is 36.4 Å². The number of aromatic amines is 1. The number of nitrogens with zero attached hydrogens (tertiary/aromatic N) is 1. The largest absolute Gasteiger partial charge is 0.478 e. The van der Waals surface area contributed by atoms with E-state index in [9.17, 15) is 14.7 Å². The van der Waals surface area contributed by atoms with Gasteiger partial charge in [0.2, 0.25) is 0 Å². The first-order valence-electron chi connectivity index (χ1n) is 11.1. The number of H-pyrrole nitrogens is 1. The summed E-state index contributed by atoms with van der Waals surface area (Å²) >= 11 is 0. The molecule has 0 aliphatic rings. The smallest absolute Gasteiger partial charge is 0.336 e. The lowest BCUT2D eigenvalue weighted by Gasteiger charge is -2.11. The van der Waals surface area contributed by atoms with Gasteiger partial charge in [0.15, 0.2) is 0 Å². The van der Waals surface area contributed by atoms with E-state index in [-0.39, 0.29) is 11.1 Å². The second kappa shape index (κ2) is 10.7. The van der Waals surface area contributed by atoms with Crippen molar-refractivity contribution in [3.63, 3.8) is 0 Å². The molecule has 0 amide bonds. The maximum Gasteiger partial charge on any atom is 0.336 e. The first-order valence-corrected chi connectivity index (χ1v) is 11.1. The van der Waals surface area contributed by atoms with Crippen LogP contribution in [-0.2, 0) is 19.3 Å². The molecule has 31 heavy (non-hydrogen) atoms. The van der Waals surface area contributed by atoms with E-state index >= 15 is 0 Å². The molecule has 0 saturated carbocycles. The molecule has 3 rings (SSSR count). The molecule has 162 valence electrons. The fourth-order valence-electron chi connectivity index (χ4n) is 3.72. The van der Waals surface area contributed by atoms with Gasteiger partial charge in [-0.25, -0.2) is 9.78 Å². The number of carboxylic acid groups (broad SMARTS) is 1. The van der Waals surface area contributed by atoms with Gasteiger partial charge in [0, 0.05) is 18.4 Å². The Balaban J connectivity index is 1.88. The zero-order valence-corrected chi connectivity index (χ0v) is 18.3. The Morgan fingerprint density at radius 2 is 1.65 bits per heavy atom. The number of carboxylic acids is 1. The Hall–Kier alpha value is -3.21. The number of carbonyl (C=O) groups is 1. The topological polar surface area (TPSA) is 83.0 Å².